The molecule has 2 aliphatic heterocycles. The molecule has 0 fully saturated rings. The van der Waals surface area contributed by atoms with Crippen molar-refractivity contribution in [3.63, 3.8) is 0 Å². The average Bonchev–Trinajstić information content (AvgIpc) is 3.44. The SMILES string of the molecule is Cc1ccc(C#N)c(-c2ccc3c(c2)C2OC3c3ccc(C(=O)NCc4c(C)cc(N)nc4C)cc32)c1. The highest BCUT2D eigenvalue weighted by molar-refractivity contribution is 5.94. The van der Waals surface area contributed by atoms with Crippen LogP contribution in [0.2, 0.25) is 0 Å². The van der Waals surface area contributed by atoms with Gasteiger partial charge in [-0.05, 0) is 95.6 Å². The number of amides is 1. The number of benzene rings is 3. The normalized spacial score (nSPS) is 16.7. The van der Waals surface area contributed by atoms with E-state index < -0.39 is 0 Å². The first-order chi connectivity index (χ1) is 17.8. The third kappa shape index (κ3) is 3.76. The molecule has 0 saturated carbocycles. The van der Waals surface area contributed by atoms with Crippen molar-refractivity contribution in [1.82, 2.24) is 10.3 Å². The van der Waals surface area contributed by atoms with Gasteiger partial charge in [0.2, 0.25) is 0 Å². The summed E-state index contributed by atoms with van der Waals surface area (Å²) in [6, 6.07) is 22.1. The maximum Gasteiger partial charge on any atom is 0.251 e. The van der Waals surface area contributed by atoms with Crippen LogP contribution in [0.1, 0.15) is 72.8 Å². The predicted octanol–water partition coefficient (Wildman–Crippen LogP) is 5.58. The summed E-state index contributed by atoms with van der Waals surface area (Å²) in [6.07, 6.45) is -0.371. The number of aryl methyl sites for hydroxylation is 3. The van der Waals surface area contributed by atoms with Gasteiger partial charge >= 0.3 is 0 Å². The zero-order valence-electron chi connectivity index (χ0n) is 20.9. The van der Waals surface area contributed by atoms with E-state index in [1.807, 2.05) is 63.2 Å². The van der Waals surface area contributed by atoms with E-state index in [0.29, 0.717) is 23.5 Å². The van der Waals surface area contributed by atoms with E-state index in [1.165, 1.54) is 0 Å². The summed E-state index contributed by atoms with van der Waals surface area (Å²) in [5, 5.41) is 12.6. The lowest BCUT2D eigenvalue weighted by Gasteiger charge is -2.18. The summed E-state index contributed by atoms with van der Waals surface area (Å²) >= 11 is 0. The Bertz CT molecular complexity index is 1630. The minimum absolute atomic E-state index is 0.139. The first-order valence-electron chi connectivity index (χ1n) is 12.3. The largest absolute Gasteiger partial charge is 0.384 e. The monoisotopic (exact) mass is 486 g/mol. The highest BCUT2D eigenvalue weighted by atomic mass is 16.5. The zero-order chi connectivity index (χ0) is 25.8. The number of hydrogen-bond acceptors (Lipinski definition) is 5. The van der Waals surface area contributed by atoms with Gasteiger partial charge in [-0.3, -0.25) is 4.79 Å². The Morgan fingerprint density at radius 1 is 0.973 bits per heavy atom. The molecule has 37 heavy (non-hydrogen) atoms. The van der Waals surface area contributed by atoms with Gasteiger partial charge < -0.3 is 15.8 Å². The first kappa shape index (κ1) is 23.0. The summed E-state index contributed by atoms with van der Waals surface area (Å²) in [5.41, 5.74) is 17.3. The van der Waals surface area contributed by atoms with Crippen LogP contribution in [0.3, 0.4) is 0 Å². The van der Waals surface area contributed by atoms with E-state index in [9.17, 15) is 10.1 Å². The number of rotatable bonds is 4. The van der Waals surface area contributed by atoms with Crippen LogP contribution in [0.5, 0.6) is 0 Å². The van der Waals surface area contributed by atoms with Gasteiger partial charge in [0.1, 0.15) is 18.0 Å². The second-order valence-corrected chi connectivity index (χ2v) is 9.86. The van der Waals surface area contributed by atoms with Gasteiger partial charge in [0, 0.05) is 17.8 Å². The number of anilines is 1. The van der Waals surface area contributed by atoms with Gasteiger partial charge in [-0.1, -0.05) is 35.9 Å². The summed E-state index contributed by atoms with van der Waals surface area (Å²) in [7, 11) is 0. The molecule has 2 aliphatic rings. The molecule has 1 amide bonds. The fourth-order valence-corrected chi connectivity index (χ4v) is 5.57. The van der Waals surface area contributed by atoms with Crippen LogP contribution in [-0.4, -0.2) is 10.9 Å². The molecule has 3 N–H and O–H groups in total. The number of fused-ring (bicyclic) bond motifs is 8. The third-order valence-electron chi connectivity index (χ3n) is 7.44. The first-order valence-corrected chi connectivity index (χ1v) is 12.3. The van der Waals surface area contributed by atoms with Crippen molar-refractivity contribution < 1.29 is 9.53 Å². The van der Waals surface area contributed by atoms with E-state index in [4.69, 9.17) is 10.5 Å². The second kappa shape index (κ2) is 8.58. The molecule has 6 rings (SSSR count). The van der Waals surface area contributed by atoms with E-state index in [2.05, 4.69) is 34.6 Å². The molecule has 6 nitrogen and oxygen atoms in total. The molecule has 1 aromatic heterocycles. The maximum absolute atomic E-state index is 13.1. The third-order valence-corrected chi connectivity index (χ3v) is 7.44. The molecule has 0 aliphatic carbocycles. The Morgan fingerprint density at radius 3 is 2.46 bits per heavy atom. The summed E-state index contributed by atoms with van der Waals surface area (Å²) in [5.74, 6) is 0.335. The van der Waals surface area contributed by atoms with Gasteiger partial charge in [-0.15, -0.1) is 0 Å². The molecule has 0 spiro atoms. The second-order valence-electron chi connectivity index (χ2n) is 9.86. The highest BCUT2D eigenvalue weighted by Gasteiger charge is 2.43. The molecule has 3 aromatic carbocycles. The Hall–Kier alpha value is -4.47. The van der Waals surface area contributed by atoms with E-state index in [0.717, 1.165) is 55.8 Å². The van der Waals surface area contributed by atoms with Crippen molar-refractivity contribution in [2.75, 3.05) is 5.73 Å². The molecule has 6 heteroatoms. The number of carbonyl (C=O) groups is 1. The van der Waals surface area contributed by atoms with Crippen molar-refractivity contribution in [2.45, 2.75) is 39.5 Å². The molecule has 182 valence electrons. The summed E-state index contributed by atoms with van der Waals surface area (Å²) < 4.78 is 6.37. The van der Waals surface area contributed by atoms with Crippen LogP contribution in [0.25, 0.3) is 11.1 Å². The molecular weight excluding hydrogens is 460 g/mol. The Labute approximate surface area is 215 Å². The Kier molecular flexibility index (Phi) is 5.32. The number of aromatic nitrogens is 1. The molecule has 2 unspecified atom stereocenters. The van der Waals surface area contributed by atoms with Crippen LogP contribution in [0.4, 0.5) is 5.82 Å². The topological polar surface area (TPSA) is 101 Å². The van der Waals surface area contributed by atoms with E-state index in [1.54, 1.807) is 0 Å². The average molecular weight is 487 g/mol. The smallest absolute Gasteiger partial charge is 0.251 e. The molecule has 2 atom stereocenters. The molecule has 0 saturated heterocycles. The minimum atomic E-state index is -0.233. The fraction of sp³-hybridized carbons (Fsp3) is 0.194. The summed E-state index contributed by atoms with van der Waals surface area (Å²) in [6.45, 7) is 6.28. The molecule has 0 radical (unpaired) electrons. The molecule has 3 heterocycles. The van der Waals surface area contributed by atoms with Gasteiger partial charge in [0.15, 0.2) is 0 Å². The Balaban J connectivity index is 1.28. The van der Waals surface area contributed by atoms with Crippen LogP contribution in [0.15, 0.2) is 60.7 Å². The lowest BCUT2D eigenvalue weighted by atomic mass is 9.83. The lowest BCUT2D eigenvalue weighted by Crippen LogP contribution is -2.24. The standard InChI is InChI=1S/C31H26N4O2/c1-16-4-5-21(14-32)24(10-16)19-6-8-22-25(12-19)30-26-13-20(7-9-23(26)29(22)37-30)31(36)34-15-27-17(2)11-28(33)35-18(27)3/h4-13,29-30H,15H2,1-3H3,(H2,33,35)(H,34,36). The summed E-state index contributed by atoms with van der Waals surface area (Å²) in [4.78, 5) is 17.4. The quantitative estimate of drug-likeness (QED) is 0.392. The van der Waals surface area contributed by atoms with Crippen LogP contribution < -0.4 is 11.1 Å². The maximum atomic E-state index is 13.1. The van der Waals surface area contributed by atoms with E-state index in [-0.39, 0.29) is 18.1 Å². The number of nitrogens with two attached hydrogens (primary N) is 1. The zero-order valence-corrected chi connectivity index (χ0v) is 20.9. The minimum Gasteiger partial charge on any atom is -0.384 e. The van der Waals surface area contributed by atoms with Crippen molar-refractivity contribution in [1.29, 1.82) is 5.26 Å². The molecule has 4 aromatic rings. The lowest BCUT2D eigenvalue weighted by molar-refractivity contribution is 0.0857. The van der Waals surface area contributed by atoms with Crippen molar-refractivity contribution in [3.8, 4) is 17.2 Å². The number of hydrogen-bond donors (Lipinski definition) is 2. The number of carbonyl (C=O) groups excluding carboxylic acids is 1. The number of ether oxygens (including phenoxy) is 1. The van der Waals surface area contributed by atoms with Crippen LogP contribution >= 0.6 is 0 Å². The highest BCUT2D eigenvalue weighted by Crippen LogP contribution is 2.54. The van der Waals surface area contributed by atoms with Crippen LogP contribution in [-0.2, 0) is 11.3 Å². The molecular formula is C31H26N4O2. The fourth-order valence-electron chi connectivity index (χ4n) is 5.57. The van der Waals surface area contributed by atoms with Crippen molar-refractivity contribution in [2.24, 2.45) is 0 Å². The van der Waals surface area contributed by atoms with E-state index >= 15 is 0 Å². The number of pyridine rings is 1. The van der Waals surface area contributed by atoms with Gasteiger partial charge in [0.05, 0.1) is 11.6 Å². The van der Waals surface area contributed by atoms with Crippen molar-refractivity contribution >= 4 is 11.7 Å². The van der Waals surface area contributed by atoms with Crippen LogP contribution in [0, 0.1) is 32.1 Å². The number of nitrogens with one attached hydrogen (secondary N) is 1. The number of nitrogens with zero attached hydrogens (tertiary/aromatic N) is 2. The number of nitrogen functional groups attached to an aromatic ring is 1. The molecule has 2 bridgehead atoms. The Morgan fingerprint density at radius 2 is 1.70 bits per heavy atom. The predicted molar refractivity (Wildman–Crippen MR) is 142 cm³/mol. The van der Waals surface area contributed by atoms with Gasteiger partial charge in [0.25, 0.3) is 5.91 Å². The van der Waals surface area contributed by atoms with Crippen molar-refractivity contribution in [3.05, 3.63) is 116 Å². The number of nitriles is 1. The van der Waals surface area contributed by atoms with Gasteiger partial charge in [-0.25, -0.2) is 4.98 Å². The van der Waals surface area contributed by atoms with Gasteiger partial charge in [-0.2, -0.15) is 5.26 Å².